The number of H-pyrrole nitrogens is 1. The Morgan fingerprint density at radius 2 is 1.75 bits per heavy atom. The number of methoxy groups -OCH3 is 1. The molecule has 0 radical (unpaired) electrons. The van der Waals surface area contributed by atoms with Crippen molar-refractivity contribution >= 4 is 17.7 Å². The van der Waals surface area contributed by atoms with E-state index in [0.29, 0.717) is 16.8 Å². The van der Waals surface area contributed by atoms with E-state index < -0.39 is 12.0 Å². The molecule has 1 atom stereocenters. The van der Waals surface area contributed by atoms with E-state index in [1.165, 1.54) is 7.11 Å². The molecule has 0 aromatic carbocycles. The summed E-state index contributed by atoms with van der Waals surface area (Å²) in [5.74, 6) is -0.553. The van der Waals surface area contributed by atoms with Gasteiger partial charge in [0.25, 0.3) is 0 Å². The normalized spacial score (nSPS) is 15.3. The van der Waals surface area contributed by atoms with Crippen molar-refractivity contribution in [3.63, 3.8) is 0 Å². The molecule has 0 unspecified atom stereocenters. The van der Waals surface area contributed by atoms with Crippen molar-refractivity contribution in [3.05, 3.63) is 22.5 Å². The molecule has 6 heteroatoms. The van der Waals surface area contributed by atoms with Crippen molar-refractivity contribution in [1.29, 1.82) is 0 Å². The number of carbonyl (C=O) groups is 3. The number of nitrogens with one attached hydrogen (secondary N) is 1. The standard InChI is InChI=1S/C18H26N2O4/c1-9(2)20(17(22)13-7-8-13)12(5)16(21)14-10(3)15(18(23)24-6)19-11(14)4/h9,12-13,19H,7-8H2,1-6H3/t12-/m1/s1. The molecule has 6 nitrogen and oxygen atoms in total. The lowest BCUT2D eigenvalue weighted by Gasteiger charge is -2.32. The molecule has 1 N–H and O–H groups in total. The third-order valence-corrected chi connectivity index (χ3v) is 4.61. The Balaban J connectivity index is 2.34. The lowest BCUT2D eigenvalue weighted by molar-refractivity contribution is -0.135. The van der Waals surface area contributed by atoms with Crippen molar-refractivity contribution in [2.24, 2.45) is 5.92 Å². The third-order valence-electron chi connectivity index (χ3n) is 4.61. The molecule has 1 aromatic rings. The minimum atomic E-state index is -0.572. The van der Waals surface area contributed by atoms with Crippen LogP contribution >= 0.6 is 0 Å². The molecule has 1 amide bonds. The molecule has 0 bridgehead atoms. The number of Topliss-reactive ketones (excluding diaryl/α,β-unsaturated/α-hetero) is 1. The molecule has 1 aliphatic carbocycles. The molecule has 1 fully saturated rings. The number of carbonyl (C=O) groups excluding carboxylic acids is 3. The van der Waals surface area contributed by atoms with Crippen molar-refractivity contribution in [2.75, 3.05) is 7.11 Å². The maximum absolute atomic E-state index is 13.0. The van der Waals surface area contributed by atoms with Gasteiger partial charge in [-0.1, -0.05) is 0 Å². The molecule has 24 heavy (non-hydrogen) atoms. The summed E-state index contributed by atoms with van der Waals surface area (Å²) in [6.45, 7) is 9.06. The van der Waals surface area contributed by atoms with Gasteiger partial charge in [-0.15, -0.1) is 0 Å². The fourth-order valence-corrected chi connectivity index (χ4v) is 3.19. The second-order valence-electron chi connectivity index (χ2n) is 6.77. The minimum absolute atomic E-state index is 0.0462. The number of amides is 1. The number of ketones is 1. The second kappa shape index (κ2) is 6.79. The van der Waals surface area contributed by atoms with Gasteiger partial charge in [-0.05, 0) is 53.0 Å². The number of hydrogen-bond donors (Lipinski definition) is 1. The zero-order valence-electron chi connectivity index (χ0n) is 15.2. The van der Waals surface area contributed by atoms with Crippen LogP contribution < -0.4 is 0 Å². The van der Waals surface area contributed by atoms with E-state index >= 15 is 0 Å². The van der Waals surface area contributed by atoms with Crippen LogP contribution in [0.4, 0.5) is 0 Å². The number of hydrogen-bond acceptors (Lipinski definition) is 4. The predicted octanol–water partition coefficient (Wildman–Crippen LogP) is 2.64. The van der Waals surface area contributed by atoms with Gasteiger partial charge in [-0.25, -0.2) is 4.79 Å². The molecule has 132 valence electrons. The number of nitrogens with zero attached hydrogens (tertiary/aromatic N) is 1. The fourth-order valence-electron chi connectivity index (χ4n) is 3.19. The van der Waals surface area contributed by atoms with E-state index in [-0.39, 0.29) is 29.3 Å². The number of rotatable bonds is 6. The van der Waals surface area contributed by atoms with Crippen LogP contribution in [-0.2, 0) is 9.53 Å². The Morgan fingerprint density at radius 3 is 2.21 bits per heavy atom. The minimum Gasteiger partial charge on any atom is -0.464 e. The zero-order chi connectivity index (χ0) is 18.2. The van der Waals surface area contributed by atoms with Crippen molar-refractivity contribution in [1.82, 2.24) is 9.88 Å². The molecule has 0 spiro atoms. The van der Waals surface area contributed by atoms with Gasteiger partial charge < -0.3 is 14.6 Å². The molecule has 1 heterocycles. The van der Waals surface area contributed by atoms with Crippen LogP contribution in [-0.4, -0.2) is 46.7 Å². The summed E-state index contributed by atoms with van der Waals surface area (Å²) < 4.78 is 4.74. The zero-order valence-corrected chi connectivity index (χ0v) is 15.2. The Hall–Kier alpha value is -2.11. The van der Waals surface area contributed by atoms with Gasteiger partial charge in [0, 0.05) is 23.2 Å². The quantitative estimate of drug-likeness (QED) is 0.641. The van der Waals surface area contributed by atoms with E-state index in [2.05, 4.69) is 4.98 Å². The maximum atomic E-state index is 13.0. The number of aromatic nitrogens is 1. The van der Waals surface area contributed by atoms with E-state index in [9.17, 15) is 14.4 Å². The molecule has 0 aliphatic heterocycles. The first kappa shape index (κ1) is 18.2. The number of esters is 1. The first-order valence-electron chi connectivity index (χ1n) is 8.34. The van der Waals surface area contributed by atoms with E-state index in [1.54, 1.807) is 25.7 Å². The Labute approximate surface area is 142 Å². The summed E-state index contributed by atoms with van der Waals surface area (Å²) in [5.41, 5.74) is 1.94. The highest BCUT2D eigenvalue weighted by Gasteiger charge is 2.39. The van der Waals surface area contributed by atoms with Crippen molar-refractivity contribution in [3.8, 4) is 0 Å². The summed E-state index contributed by atoms with van der Waals surface area (Å²) in [4.78, 5) is 42.0. The molecule has 1 aliphatic rings. The van der Waals surface area contributed by atoms with Crippen LogP contribution in [0.3, 0.4) is 0 Å². The highest BCUT2D eigenvalue weighted by Crippen LogP contribution is 2.33. The maximum Gasteiger partial charge on any atom is 0.354 e. The van der Waals surface area contributed by atoms with Crippen molar-refractivity contribution < 1.29 is 19.1 Å². The molecule has 1 saturated carbocycles. The average molecular weight is 334 g/mol. The van der Waals surface area contributed by atoms with Gasteiger partial charge >= 0.3 is 5.97 Å². The van der Waals surface area contributed by atoms with Crippen molar-refractivity contribution in [2.45, 2.75) is 59.5 Å². The summed E-state index contributed by atoms with van der Waals surface area (Å²) in [7, 11) is 1.30. The summed E-state index contributed by atoms with van der Waals surface area (Å²) in [6, 6.07) is -0.631. The third kappa shape index (κ3) is 3.23. The number of ether oxygens (including phenoxy) is 1. The van der Waals surface area contributed by atoms with Gasteiger partial charge in [-0.2, -0.15) is 0 Å². The van der Waals surface area contributed by atoms with Gasteiger partial charge in [0.15, 0.2) is 5.78 Å². The highest BCUT2D eigenvalue weighted by atomic mass is 16.5. The van der Waals surface area contributed by atoms with E-state index in [1.807, 2.05) is 13.8 Å². The van der Waals surface area contributed by atoms with Gasteiger partial charge in [0.05, 0.1) is 13.2 Å². The average Bonchev–Trinajstić information content (AvgIpc) is 3.32. The summed E-state index contributed by atoms with van der Waals surface area (Å²) in [5, 5.41) is 0. The van der Waals surface area contributed by atoms with Gasteiger partial charge in [0.2, 0.25) is 5.91 Å². The fraction of sp³-hybridized carbons (Fsp3) is 0.611. The Morgan fingerprint density at radius 1 is 1.17 bits per heavy atom. The predicted molar refractivity (Wildman–Crippen MR) is 90.1 cm³/mol. The van der Waals surface area contributed by atoms with Crippen LogP contribution in [0.25, 0.3) is 0 Å². The summed E-state index contributed by atoms with van der Waals surface area (Å²) in [6.07, 6.45) is 1.80. The van der Waals surface area contributed by atoms with Crippen LogP contribution in [0.5, 0.6) is 0 Å². The lowest BCUT2D eigenvalue weighted by atomic mass is 9.98. The number of aromatic amines is 1. The van der Waals surface area contributed by atoms with Crippen LogP contribution in [0.2, 0.25) is 0 Å². The second-order valence-corrected chi connectivity index (χ2v) is 6.77. The van der Waals surface area contributed by atoms with Gasteiger partial charge in [0.1, 0.15) is 5.69 Å². The van der Waals surface area contributed by atoms with E-state index in [0.717, 1.165) is 12.8 Å². The van der Waals surface area contributed by atoms with Crippen LogP contribution in [0.1, 0.15) is 65.7 Å². The smallest absolute Gasteiger partial charge is 0.354 e. The molecule has 2 rings (SSSR count). The molecule has 0 saturated heterocycles. The first-order chi connectivity index (χ1) is 11.2. The number of aryl methyl sites for hydroxylation is 1. The summed E-state index contributed by atoms with van der Waals surface area (Å²) >= 11 is 0. The lowest BCUT2D eigenvalue weighted by Crippen LogP contribution is -2.48. The topological polar surface area (TPSA) is 79.5 Å². The highest BCUT2D eigenvalue weighted by molar-refractivity contribution is 6.06. The van der Waals surface area contributed by atoms with Crippen LogP contribution in [0, 0.1) is 19.8 Å². The molecular formula is C18H26N2O4. The van der Waals surface area contributed by atoms with Crippen LogP contribution in [0.15, 0.2) is 0 Å². The monoisotopic (exact) mass is 334 g/mol. The molecule has 1 aromatic heterocycles. The SMILES string of the molecule is COC(=O)c1[nH]c(C)c(C(=O)[C@@H](C)N(C(=O)C2CC2)C(C)C)c1C. The van der Waals surface area contributed by atoms with E-state index in [4.69, 9.17) is 4.74 Å². The largest absolute Gasteiger partial charge is 0.464 e. The Kier molecular flexibility index (Phi) is 5.16. The Bertz CT molecular complexity index is 671. The van der Waals surface area contributed by atoms with Gasteiger partial charge in [-0.3, -0.25) is 9.59 Å². The molecular weight excluding hydrogens is 308 g/mol. The first-order valence-corrected chi connectivity index (χ1v) is 8.34.